The average molecular weight is 322 g/mol. The molecule has 1 aromatic heterocycles. The standard InChI is InChI=1S/C15H22N4O4/c20-9-3-16-14(22)12-1-2-13(17-11-12)15(23)19-6-4-18(5-7-19)8-10-21/h1-2,11,20-21H,3-10H2,(H,16,22). The maximum Gasteiger partial charge on any atom is 0.272 e. The Kier molecular flexibility index (Phi) is 6.45. The molecule has 2 heterocycles. The molecule has 0 bridgehead atoms. The Morgan fingerprint density at radius 3 is 2.43 bits per heavy atom. The fraction of sp³-hybridized carbons (Fsp3) is 0.533. The average Bonchev–Trinajstić information content (AvgIpc) is 2.60. The number of pyridine rings is 1. The van der Waals surface area contributed by atoms with Gasteiger partial charge >= 0.3 is 0 Å². The highest BCUT2D eigenvalue weighted by atomic mass is 16.3. The van der Waals surface area contributed by atoms with E-state index in [2.05, 4.69) is 15.2 Å². The Hall–Kier alpha value is -2.03. The number of hydrogen-bond donors (Lipinski definition) is 3. The van der Waals surface area contributed by atoms with Crippen molar-refractivity contribution in [1.29, 1.82) is 0 Å². The van der Waals surface area contributed by atoms with Crippen LogP contribution in [0.4, 0.5) is 0 Å². The number of rotatable bonds is 6. The summed E-state index contributed by atoms with van der Waals surface area (Å²) in [6.07, 6.45) is 1.36. The minimum Gasteiger partial charge on any atom is -0.395 e. The summed E-state index contributed by atoms with van der Waals surface area (Å²) >= 11 is 0. The molecule has 0 spiro atoms. The van der Waals surface area contributed by atoms with Crippen molar-refractivity contribution in [2.24, 2.45) is 0 Å². The number of nitrogens with zero attached hydrogens (tertiary/aromatic N) is 3. The van der Waals surface area contributed by atoms with Gasteiger partial charge in [0.25, 0.3) is 11.8 Å². The first kappa shape index (κ1) is 17.3. The van der Waals surface area contributed by atoms with Crippen LogP contribution in [0.15, 0.2) is 18.3 Å². The molecule has 0 aliphatic carbocycles. The molecule has 2 rings (SSSR count). The number of aromatic nitrogens is 1. The Morgan fingerprint density at radius 1 is 1.13 bits per heavy atom. The number of carbonyl (C=O) groups is 2. The Bertz CT molecular complexity index is 527. The third-order valence-corrected chi connectivity index (χ3v) is 3.72. The van der Waals surface area contributed by atoms with E-state index in [0.29, 0.717) is 30.9 Å². The van der Waals surface area contributed by atoms with Crippen LogP contribution in [0.2, 0.25) is 0 Å². The van der Waals surface area contributed by atoms with Crippen LogP contribution in [0.3, 0.4) is 0 Å². The number of piperazine rings is 1. The van der Waals surface area contributed by atoms with Gasteiger partial charge in [-0.15, -0.1) is 0 Å². The third-order valence-electron chi connectivity index (χ3n) is 3.72. The molecule has 8 heteroatoms. The predicted octanol–water partition coefficient (Wildman–Crippen LogP) is -1.45. The van der Waals surface area contributed by atoms with Crippen LogP contribution in [0.5, 0.6) is 0 Å². The smallest absolute Gasteiger partial charge is 0.272 e. The SMILES string of the molecule is O=C(NCCO)c1ccc(C(=O)N2CCN(CCO)CC2)nc1. The van der Waals surface area contributed by atoms with Crippen molar-refractivity contribution in [1.82, 2.24) is 20.1 Å². The van der Waals surface area contributed by atoms with E-state index in [9.17, 15) is 9.59 Å². The second-order valence-corrected chi connectivity index (χ2v) is 5.27. The number of aliphatic hydroxyl groups excluding tert-OH is 2. The van der Waals surface area contributed by atoms with Crippen molar-refractivity contribution in [2.75, 3.05) is 52.5 Å². The van der Waals surface area contributed by atoms with Gasteiger partial charge < -0.3 is 20.4 Å². The first-order valence-electron chi connectivity index (χ1n) is 7.63. The van der Waals surface area contributed by atoms with Gasteiger partial charge in [-0.2, -0.15) is 0 Å². The van der Waals surface area contributed by atoms with Crippen molar-refractivity contribution in [2.45, 2.75) is 0 Å². The van der Waals surface area contributed by atoms with E-state index in [0.717, 1.165) is 13.1 Å². The van der Waals surface area contributed by atoms with E-state index < -0.39 is 0 Å². The minimum atomic E-state index is -0.330. The van der Waals surface area contributed by atoms with Crippen LogP contribution in [-0.4, -0.2) is 89.3 Å². The molecular formula is C15H22N4O4. The molecule has 0 unspecified atom stereocenters. The lowest BCUT2D eigenvalue weighted by Crippen LogP contribution is -2.49. The quantitative estimate of drug-likeness (QED) is 0.592. The molecule has 1 fully saturated rings. The predicted molar refractivity (Wildman–Crippen MR) is 83.1 cm³/mol. The van der Waals surface area contributed by atoms with Crippen molar-refractivity contribution < 1.29 is 19.8 Å². The highest BCUT2D eigenvalue weighted by Gasteiger charge is 2.22. The molecule has 8 nitrogen and oxygen atoms in total. The zero-order chi connectivity index (χ0) is 16.7. The second-order valence-electron chi connectivity index (χ2n) is 5.27. The summed E-state index contributed by atoms with van der Waals surface area (Å²) in [5, 5.41) is 20.1. The molecule has 0 radical (unpaired) electrons. The fourth-order valence-corrected chi connectivity index (χ4v) is 2.40. The fourth-order valence-electron chi connectivity index (χ4n) is 2.40. The van der Waals surface area contributed by atoms with Gasteiger partial charge in [-0.3, -0.25) is 19.5 Å². The van der Waals surface area contributed by atoms with Gasteiger partial charge in [-0.25, -0.2) is 0 Å². The molecule has 1 aromatic rings. The van der Waals surface area contributed by atoms with Gasteiger partial charge in [-0.1, -0.05) is 0 Å². The highest BCUT2D eigenvalue weighted by Crippen LogP contribution is 2.08. The first-order chi connectivity index (χ1) is 11.2. The molecule has 1 aliphatic heterocycles. The Morgan fingerprint density at radius 2 is 1.87 bits per heavy atom. The van der Waals surface area contributed by atoms with E-state index in [-0.39, 0.29) is 31.6 Å². The van der Waals surface area contributed by atoms with Crippen LogP contribution in [0, 0.1) is 0 Å². The van der Waals surface area contributed by atoms with E-state index in [4.69, 9.17) is 10.2 Å². The molecular weight excluding hydrogens is 300 g/mol. The van der Waals surface area contributed by atoms with Crippen molar-refractivity contribution in [3.63, 3.8) is 0 Å². The van der Waals surface area contributed by atoms with Gasteiger partial charge in [0.15, 0.2) is 0 Å². The van der Waals surface area contributed by atoms with E-state index in [1.54, 1.807) is 11.0 Å². The summed E-state index contributed by atoms with van der Waals surface area (Å²) in [7, 11) is 0. The monoisotopic (exact) mass is 322 g/mol. The zero-order valence-electron chi connectivity index (χ0n) is 12.9. The summed E-state index contributed by atoms with van der Waals surface area (Å²) in [5.74, 6) is -0.487. The minimum absolute atomic E-state index is 0.120. The van der Waals surface area contributed by atoms with Gasteiger partial charge in [0.05, 0.1) is 18.8 Å². The van der Waals surface area contributed by atoms with E-state index in [1.807, 2.05) is 0 Å². The molecule has 0 saturated carbocycles. The largest absolute Gasteiger partial charge is 0.395 e. The lowest BCUT2D eigenvalue weighted by Gasteiger charge is -2.34. The molecule has 3 N–H and O–H groups in total. The Balaban J connectivity index is 1.92. The van der Waals surface area contributed by atoms with E-state index in [1.165, 1.54) is 12.3 Å². The third kappa shape index (κ3) is 4.72. The van der Waals surface area contributed by atoms with Crippen LogP contribution in [0.25, 0.3) is 0 Å². The lowest BCUT2D eigenvalue weighted by atomic mass is 10.2. The maximum absolute atomic E-state index is 12.4. The molecule has 0 atom stereocenters. The summed E-state index contributed by atoms with van der Waals surface area (Å²) < 4.78 is 0. The summed E-state index contributed by atoms with van der Waals surface area (Å²) in [6.45, 7) is 3.45. The Labute approximate surface area is 134 Å². The molecule has 1 aliphatic rings. The summed E-state index contributed by atoms with van der Waals surface area (Å²) in [5.41, 5.74) is 0.655. The molecule has 2 amide bonds. The number of carbonyl (C=O) groups excluding carboxylic acids is 2. The number of nitrogens with one attached hydrogen (secondary N) is 1. The zero-order valence-corrected chi connectivity index (χ0v) is 12.9. The van der Waals surface area contributed by atoms with Gasteiger partial charge in [0, 0.05) is 45.5 Å². The number of amides is 2. The van der Waals surface area contributed by atoms with Gasteiger partial charge in [-0.05, 0) is 12.1 Å². The van der Waals surface area contributed by atoms with Crippen LogP contribution in [0.1, 0.15) is 20.8 Å². The highest BCUT2D eigenvalue weighted by molar-refractivity contribution is 5.96. The molecule has 126 valence electrons. The number of β-amino-alcohol motifs (C(OH)–C–C–N with tert-alkyl or cyclic N) is 1. The van der Waals surface area contributed by atoms with Crippen LogP contribution < -0.4 is 5.32 Å². The van der Waals surface area contributed by atoms with Crippen molar-refractivity contribution in [3.8, 4) is 0 Å². The van der Waals surface area contributed by atoms with Crippen molar-refractivity contribution in [3.05, 3.63) is 29.6 Å². The van der Waals surface area contributed by atoms with Crippen LogP contribution in [-0.2, 0) is 0 Å². The first-order valence-corrected chi connectivity index (χ1v) is 7.63. The normalized spacial score (nSPS) is 15.5. The van der Waals surface area contributed by atoms with Crippen molar-refractivity contribution >= 4 is 11.8 Å². The lowest BCUT2D eigenvalue weighted by molar-refractivity contribution is 0.0609. The summed E-state index contributed by atoms with van der Waals surface area (Å²) in [6, 6.07) is 3.09. The molecule has 0 aromatic carbocycles. The molecule has 23 heavy (non-hydrogen) atoms. The second kappa shape index (κ2) is 8.56. The maximum atomic E-state index is 12.4. The van der Waals surface area contributed by atoms with Gasteiger partial charge in [0.1, 0.15) is 5.69 Å². The van der Waals surface area contributed by atoms with Gasteiger partial charge in [0.2, 0.25) is 0 Å². The number of aliphatic hydroxyl groups is 2. The summed E-state index contributed by atoms with van der Waals surface area (Å²) in [4.78, 5) is 32.0. The topological polar surface area (TPSA) is 106 Å². The molecule has 1 saturated heterocycles. The van der Waals surface area contributed by atoms with Crippen LogP contribution >= 0.6 is 0 Å². The number of hydrogen-bond acceptors (Lipinski definition) is 6. The van der Waals surface area contributed by atoms with E-state index >= 15 is 0 Å².